The van der Waals surface area contributed by atoms with Crippen molar-refractivity contribution >= 4 is 21.7 Å². The van der Waals surface area contributed by atoms with Crippen molar-refractivity contribution in [1.29, 1.82) is 0 Å². The van der Waals surface area contributed by atoms with Crippen LogP contribution in [0.1, 0.15) is 11.3 Å². The molecule has 2 aromatic rings. The van der Waals surface area contributed by atoms with Gasteiger partial charge in [0.2, 0.25) is 0 Å². The minimum absolute atomic E-state index is 1.02. The molecule has 0 radical (unpaired) electrons. The fraction of sp³-hybridized carbons (Fsp3) is 0.400. The summed E-state index contributed by atoms with van der Waals surface area (Å²) in [6.45, 7) is 8.32. The number of nitrogens with zero attached hydrogens (tertiary/aromatic N) is 3. The van der Waals surface area contributed by atoms with Crippen molar-refractivity contribution in [3.8, 4) is 5.69 Å². The number of aromatic nitrogens is 2. The molecule has 0 amide bonds. The Kier molecular flexibility index (Phi) is 3.81. The summed E-state index contributed by atoms with van der Waals surface area (Å²) in [5, 5.41) is 8.14. The quantitative estimate of drug-likeness (QED) is 0.916. The topological polar surface area (TPSA) is 33.1 Å². The lowest BCUT2D eigenvalue weighted by atomic mass is 10.2. The molecule has 1 aliphatic rings. The fourth-order valence-corrected chi connectivity index (χ4v) is 2.78. The lowest BCUT2D eigenvalue weighted by molar-refractivity contribution is 0.583. The molecular formula is C15H19BrN4. The summed E-state index contributed by atoms with van der Waals surface area (Å²) < 4.78 is 3.16. The molecule has 1 N–H and O–H groups in total. The first kappa shape index (κ1) is 13.6. The van der Waals surface area contributed by atoms with E-state index in [0.717, 1.165) is 42.2 Å². The van der Waals surface area contributed by atoms with E-state index in [-0.39, 0.29) is 0 Å². The van der Waals surface area contributed by atoms with Crippen LogP contribution in [0.4, 0.5) is 5.82 Å². The predicted octanol–water partition coefficient (Wildman–Crippen LogP) is 2.66. The molecule has 1 aromatic heterocycles. The number of aryl methyl sites for hydroxylation is 2. The van der Waals surface area contributed by atoms with E-state index < -0.39 is 0 Å². The minimum Gasteiger partial charge on any atom is -0.353 e. The fourth-order valence-electron chi connectivity index (χ4n) is 2.53. The van der Waals surface area contributed by atoms with Crippen LogP contribution in [0, 0.1) is 13.8 Å². The molecule has 0 bridgehead atoms. The molecule has 4 nitrogen and oxygen atoms in total. The standard InChI is InChI=1S/C15H19BrN4/c1-11-9-13(3-4-14(11)16)20-12(2)10-15(18-20)19-7-5-17-6-8-19/h3-4,9-10,17H,5-8H2,1-2H3. The van der Waals surface area contributed by atoms with Crippen LogP contribution in [-0.4, -0.2) is 36.0 Å². The van der Waals surface area contributed by atoms with Gasteiger partial charge in [-0.05, 0) is 37.6 Å². The van der Waals surface area contributed by atoms with Crippen LogP contribution >= 0.6 is 15.9 Å². The van der Waals surface area contributed by atoms with Crippen LogP contribution in [0.2, 0.25) is 0 Å². The Labute approximate surface area is 127 Å². The summed E-state index contributed by atoms with van der Waals surface area (Å²) in [4.78, 5) is 2.34. The van der Waals surface area contributed by atoms with Crippen LogP contribution in [0.15, 0.2) is 28.7 Å². The summed E-state index contributed by atoms with van der Waals surface area (Å²) in [5.41, 5.74) is 3.51. The molecule has 0 spiro atoms. The molecule has 0 aliphatic carbocycles. The van der Waals surface area contributed by atoms with Crippen molar-refractivity contribution in [2.75, 3.05) is 31.1 Å². The van der Waals surface area contributed by atoms with Gasteiger partial charge in [-0.1, -0.05) is 15.9 Å². The summed E-state index contributed by atoms with van der Waals surface area (Å²) in [6, 6.07) is 8.50. The molecule has 106 valence electrons. The molecule has 20 heavy (non-hydrogen) atoms. The van der Waals surface area contributed by atoms with E-state index in [1.54, 1.807) is 0 Å². The molecule has 3 rings (SSSR count). The van der Waals surface area contributed by atoms with Crippen molar-refractivity contribution in [2.45, 2.75) is 13.8 Å². The van der Waals surface area contributed by atoms with Crippen molar-refractivity contribution in [2.24, 2.45) is 0 Å². The molecular weight excluding hydrogens is 316 g/mol. The average molecular weight is 335 g/mol. The lowest BCUT2D eigenvalue weighted by Crippen LogP contribution is -2.43. The molecule has 1 aliphatic heterocycles. The third kappa shape index (κ3) is 2.60. The van der Waals surface area contributed by atoms with Gasteiger partial charge < -0.3 is 10.2 Å². The first-order valence-electron chi connectivity index (χ1n) is 6.94. The highest BCUT2D eigenvalue weighted by molar-refractivity contribution is 9.10. The Morgan fingerprint density at radius 3 is 2.60 bits per heavy atom. The van der Waals surface area contributed by atoms with Crippen LogP contribution in [-0.2, 0) is 0 Å². The lowest BCUT2D eigenvalue weighted by Gasteiger charge is -2.27. The van der Waals surface area contributed by atoms with Gasteiger partial charge in [-0.25, -0.2) is 4.68 Å². The van der Waals surface area contributed by atoms with Gasteiger partial charge in [-0.2, -0.15) is 5.10 Å². The van der Waals surface area contributed by atoms with Gasteiger partial charge in [0.05, 0.1) is 5.69 Å². The van der Waals surface area contributed by atoms with Crippen molar-refractivity contribution in [3.05, 3.63) is 40.0 Å². The molecule has 0 atom stereocenters. The summed E-state index contributed by atoms with van der Waals surface area (Å²) in [7, 11) is 0. The Hall–Kier alpha value is -1.33. The van der Waals surface area contributed by atoms with Gasteiger partial charge in [0.15, 0.2) is 5.82 Å². The average Bonchev–Trinajstić information content (AvgIpc) is 2.85. The van der Waals surface area contributed by atoms with E-state index in [1.807, 2.05) is 4.68 Å². The minimum atomic E-state index is 1.02. The zero-order valence-electron chi connectivity index (χ0n) is 11.9. The Morgan fingerprint density at radius 1 is 1.15 bits per heavy atom. The molecule has 0 unspecified atom stereocenters. The van der Waals surface area contributed by atoms with Crippen LogP contribution < -0.4 is 10.2 Å². The number of rotatable bonds is 2. The number of piperazine rings is 1. The molecule has 0 saturated carbocycles. The van der Waals surface area contributed by atoms with Crippen LogP contribution in [0.5, 0.6) is 0 Å². The van der Waals surface area contributed by atoms with Gasteiger partial charge in [-0.3, -0.25) is 0 Å². The third-order valence-corrected chi connectivity index (χ3v) is 4.59. The van der Waals surface area contributed by atoms with Gasteiger partial charge in [0.25, 0.3) is 0 Å². The molecule has 1 saturated heterocycles. The second-order valence-corrected chi connectivity index (χ2v) is 6.08. The smallest absolute Gasteiger partial charge is 0.151 e. The first-order chi connectivity index (χ1) is 9.65. The predicted molar refractivity (Wildman–Crippen MR) is 85.8 cm³/mol. The maximum atomic E-state index is 4.77. The largest absolute Gasteiger partial charge is 0.353 e. The number of hydrogen-bond donors (Lipinski definition) is 1. The zero-order chi connectivity index (χ0) is 14.1. The molecule has 1 fully saturated rings. The monoisotopic (exact) mass is 334 g/mol. The third-order valence-electron chi connectivity index (χ3n) is 3.70. The number of halogens is 1. The number of anilines is 1. The summed E-state index contributed by atoms with van der Waals surface area (Å²) in [6.07, 6.45) is 0. The first-order valence-corrected chi connectivity index (χ1v) is 7.73. The maximum absolute atomic E-state index is 4.77. The van der Waals surface area contributed by atoms with E-state index in [9.17, 15) is 0 Å². The number of nitrogens with one attached hydrogen (secondary N) is 1. The number of benzene rings is 1. The van der Waals surface area contributed by atoms with Crippen molar-refractivity contribution < 1.29 is 0 Å². The second kappa shape index (κ2) is 5.58. The second-order valence-electron chi connectivity index (χ2n) is 5.23. The normalized spacial score (nSPS) is 15.7. The number of hydrogen-bond acceptors (Lipinski definition) is 3. The highest BCUT2D eigenvalue weighted by atomic mass is 79.9. The van der Waals surface area contributed by atoms with Crippen LogP contribution in [0.3, 0.4) is 0 Å². The maximum Gasteiger partial charge on any atom is 0.151 e. The van der Waals surface area contributed by atoms with Crippen molar-refractivity contribution in [1.82, 2.24) is 15.1 Å². The van der Waals surface area contributed by atoms with Gasteiger partial charge in [0, 0.05) is 42.4 Å². The Bertz CT molecular complexity index is 614. The Balaban J connectivity index is 1.93. The van der Waals surface area contributed by atoms with E-state index in [0.29, 0.717) is 0 Å². The van der Waals surface area contributed by atoms with Crippen molar-refractivity contribution in [3.63, 3.8) is 0 Å². The zero-order valence-corrected chi connectivity index (χ0v) is 13.4. The van der Waals surface area contributed by atoms with Crippen LogP contribution in [0.25, 0.3) is 5.69 Å². The van der Waals surface area contributed by atoms with E-state index in [1.165, 1.54) is 11.3 Å². The Morgan fingerprint density at radius 2 is 1.90 bits per heavy atom. The molecule has 2 heterocycles. The SMILES string of the molecule is Cc1cc(-n2nc(N3CCNCC3)cc2C)ccc1Br. The van der Waals surface area contributed by atoms with E-state index in [4.69, 9.17) is 5.10 Å². The highest BCUT2D eigenvalue weighted by Gasteiger charge is 2.15. The molecule has 1 aromatic carbocycles. The summed E-state index contributed by atoms with van der Waals surface area (Å²) in [5.74, 6) is 1.07. The van der Waals surface area contributed by atoms with E-state index >= 15 is 0 Å². The molecule has 5 heteroatoms. The highest BCUT2D eigenvalue weighted by Crippen LogP contribution is 2.22. The van der Waals surface area contributed by atoms with Gasteiger partial charge in [-0.15, -0.1) is 0 Å². The van der Waals surface area contributed by atoms with E-state index in [2.05, 4.69) is 64.3 Å². The summed E-state index contributed by atoms with van der Waals surface area (Å²) >= 11 is 3.54. The van der Waals surface area contributed by atoms with Gasteiger partial charge >= 0.3 is 0 Å². The van der Waals surface area contributed by atoms with Gasteiger partial charge in [0.1, 0.15) is 0 Å².